The van der Waals surface area contributed by atoms with Crippen LogP contribution in [-0.2, 0) is 4.79 Å². The molecule has 16 heavy (non-hydrogen) atoms. The third-order valence-electron chi connectivity index (χ3n) is 2.74. The van der Waals surface area contributed by atoms with Crippen LogP contribution in [0.5, 0.6) is 0 Å². The molecule has 0 bridgehead atoms. The van der Waals surface area contributed by atoms with Gasteiger partial charge in [0.2, 0.25) is 0 Å². The number of carbonyl (C=O) groups is 1. The lowest BCUT2D eigenvalue weighted by Crippen LogP contribution is -2.25. The summed E-state index contributed by atoms with van der Waals surface area (Å²) in [5.74, 6) is -0.0835. The molecule has 0 aliphatic carbocycles. The lowest BCUT2D eigenvalue weighted by atomic mass is 10.0. The second kappa shape index (κ2) is 4.26. The van der Waals surface area contributed by atoms with Crippen LogP contribution < -0.4 is 5.01 Å². The van der Waals surface area contributed by atoms with Crippen LogP contribution in [-0.4, -0.2) is 11.6 Å². The van der Waals surface area contributed by atoms with E-state index in [4.69, 9.17) is 11.6 Å². The van der Waals surface area contributed by atoms with E-state index in [1.165, 1.54) is 5.01 Å². The highest BCUT2D eigenvalue weighted by Crippen LogP contribution is 2.25. The van der Waals surface area contributed by atoms with Crippen molar-refractivity contribution in [3.8, 4) is 0 Å². The molecule has 1 amide bonds. The van der Waals surface area contributed by atoms with Gasteiger partial charge in [-0.15, -0.1) is 0 Å². The zero-order chi connectivity index (χ0) is 11.7. The van der Waals surface area contributed by atoms with E-state index in [1.807, 2.05) is 13.8 Å². The Morgan fingerprint density at radius 2 is 2.00 bits per heavy atom. The summed E-state index contributed by atoms with van der Waals surface area (Å²) in [6, 6.07) is 7.12. The third-order valence-corrected chi connectivity index (χ3v) is 2.99. The van der Waals surface area contributed by atoms with Gasteiger partial charge in [-0.25, -0.2) is 5.01 Å². The monoisotopic (exact) mass is 236 g/mol. The lowest BCUT2D eigenvalue weighted by Gasteiger charge is -2.12. The van der Waals surface area contributed by atoms with E-state index in [1.54, 1.807) is 24.3 Å². The molecule has 1 unspecified atom stereocenters. The van der Waals surface area contributed by atoms with E-state index >= 15 is 0 Å². The Kier molecular flexibility index (Phi) is 2.97. The molecule has 0 fully saturated rings. The predicted molar refractivity (Wildman–Crippen MR) is 65.8 cm³/mol. The fraction of sp³-hybridized carbons (Fsp3) is 0.333. The largest absolute Gasteiger partial charge is 0.272 e. The lowest BCUT2D eigenvalue weighted by molar-refractivity contribution is -0.119. The SMILES string of the molecule is CCC1=NN(c2ccc(Cl)cc2)C(=O)C1C. The van der Waals surface area contributed by atoms with Crippen molar-refractivity contribution >= 4 is 28.9 Å². The topological polar surface area (TPSA) is 32.7 Å². The molecule has 3 nitrogen and oxygen atoms in total. The smallest absolute Gasteiger partial charge is 0.255 e. The van der Waals surface area contributed by atoms with Crippen molar-refractivity contribution in [3.63, 3.8) is 0 Å². The van der Waals surface area contributed by atoms with Crippen molar-refractivity contribution in [3.05, 3.63) is 29.3 Å². The van der Waals surface area contributed by atoms with E-state index in [2.05, 4.69) is 5.10 Å². The van der Waals surface area contributed by atoms with Crippen LogP contribution in [0.15, 0.2) is 29.4 Å². The Bertz CT molecular complexity index is 439. The maximum absolute atomic E-state index is 11.9. The number of hydrazone groups is 1. The first kappa shape index (κ1) is 11.1. The normalized spacial score (nSPS) is 20.2. The van der Waals surface area contributed by atoms with Crippen LogP contribution in [0.1, 0.15) is 20.3 Å². The van der Waals surface area contributed by atoms with E-state index < -0.39 is 0 Å². The molecule has 0 saturated carbocycles. The molecule has 1 aliphatic heterocycles. The molecule has 0 N–H and O–H groups in total. The number of hydrogen-bond acceptors (Lipinski definition) is 2. The van der Waals surface area contributed by atoms with Gasteiger partial charge in [0, 0.05) is 5.02 Å². The molecule has 0 saturated heterocycles. The van der Waals surface area contributed by atoms with Crippen molar-refractivity contribution in [2.75, 3.05) is 5.01 Å². The summed E-state index contributed by atoms with van der Waals surface area (Å²) in [5, 5.41) is 6.44. The molecule has 1 aromatic rings. The first-order valence-electron chi connectivity index (χ1n) is 5.30. The van der Waals surface area contributed by atoms with Gasteiger partial charge in [0.25, 0.3) is 5.91 Å². The molecule has 1 atom stereocenters. The zero-order valence-corrected chi connectivity index (χ0v) is 10.0. The first-order valence-corrected chi connectivity index (χ1v) is 5.68. The van der Waals surface area contributed by atoms with Gasteiger partial charge in [0.15, 0.2) is 0 Å². The molecule has 1 aliphatic rings. The summed E-state index contributed by atoms with van der Waals surface area (Å²) in [5.41, 5.74) is 1.70. The second-order valence-corrected chi connectivity index (χ2v) is 4.23. The van der Waals surface area contributed by atoms with Crippen LogP contribution in [0.2, 0.25) is 5.02 Å². The number of rotatable bonds is 2. The Morgan fingerprint density at radius 1 is 1.38 bits per heavy atom. The quantitative estimate of drug-likeness (QED) is 0.777. The van der Waals surface area contributed by atoms with E-state index in [0.29, 0.717) is 5.02 Å². The number of carbonyl (C=O) groups excluding carboxylic acids is 1. The molecule has 0 aromatic heterocycles. The average molecular weight is 237 g/mol. The van der Waals surface area contributed by atoms with Crippen LogP contribution >= 0.6 is 11.6 Å². The summed E-state index contributed by atoms with van der Waals surface area (Å²) in [4.78, 5) is 11.9. The Morgan fingerprint density at radius 3 is 2.50 bits per heavy atom. The number of benzene rings is 1. The highest BCUT2D eigenvalue weighted by molar-refractivity contribution is 6.30. The average Bonchev–Trinajstić information content (AvgIpc) is 2.57. The molecule has 1 heterocycles. The number of amides is 1. The van der Waals surface area contributed by atoms with Gasteiger partial charge >= 0.3 is 0 Å². The van der Waals surface area contributed by atoms with Gasteiger partial charge in [-0.2, -0.15) is 5.10 Å². The number of hydrogen-bond donors (Lipinski definition) is 0. The zero-order valence-electron chi connectivity index (χ0n) is 9.27. The first-order chi connectivity index (χ1) is 7.63. The van der Waals surface area contributed by atoms with Crippen LogP contribution in [0.4, 0.5) is 5.69 Å². The van der Waals surface area contributed by atoms with Gasteiger partial charge in [-0.05, 0) is 37.6 Å². The summed E-state index contributed by atoms with van der Waals surface area (Å²) in [6.07, 6.45) is 0.803. The molecule has 2 rings (SSSR count). The van der Waals surface area contributed by atoms with Gasteiger partial charge in [0.1, 0.15) is 0 Å². The van der Waals surface area contributed by atoms with E-state index in [-0.39, 0.29) is 11.8 Å². The van der Waals surface area contributed by atoms with Crippen molar-refractivity contribution in [2.45, 2.75) is 20.3 Å². The fourth-order valence-electron chi connectivity index (χ4n) is 1.73. The highest BCUT2D eigenvalue weighted by atomic mass is 35.5. The third kappa shape index (κ3) is 1.83. The molecule has 4 heteroatoms. The van der Waals surface area contributed by atoms with Crippen molar-refractivity contribution in [2.24, 2.45) is 11.0 Å². The van der Waals surface area contributed by atoms with Crippen molar-refractivity contribution in [1.82, 2.24) is 0 Å². The van der Waals surface area contributed by atoms with Crippen LogP contribution in [0, 0.1) is 5.92 Å². The van der Waals surface area contributed by atoms with Gasteiger partial charge < -0.3 is 0 Å². The minimum Gasteiger partial charge on any atom is -0.272 e. The number of nitrogens with zero attached hydrogens (tertiary/aromatic N) is 2. The second-order valence-electron chi connectivity index (χ2n) is 3.79. The maximum Gasteiger partial charge on any atom is 0.255 e. The minimum atomic E-state index is -0.110. The minimum absolute atomic E-state index is 0.0270. The van der Waals surface area contributed by atoms with Crippen molar-refractivity contribution in [1.29, 1.82) is 0 Å². The van der Waals surface area contributed by atoms with Gasteiger partial charge in [0.05, 0.1) is 17.3 Å². The molecule has 0 spiro atoms. The molecular weight excluding hydrogens is 224 g/mol. The Balaban J connectivity index is 2.32. The maximum atomic E-state index is 11.9. The van der Waals surface area contributed by atoms with Gasteiger partial charge in [-0.3, -0.25) is 4.79 Å². The standard InChI is InChI=1S/C12H13ClN2O/c1-3-11-8(2)12(16)15(14-11)10-6-4-9(13)5-7-10/h4-8H,3H2,1-2H3. The summed E-state index contributed by atoms with van der Waals surface area (Å²) in [6.45, 7) is 3.90. The Labute approximate surface area is 99.7 Å². The number of halogens is 1. The fourth-order valence-corrected chi connectivity index (χ4v) is 1.86. The summed E-state index contributed by atoms with van der Waals surface area (Å²) in [7, 11) is 0. The molecule has 1 aromatic carbocycles. The molecular formula is C12H13ClN2O. The van der Waals surface area contributed by atoms with Crippen LogP contribution in [0.25, 0.3) is 0 Å². The molecule has 84 valence electrons. The Hall–Kier alpha value is -1.35. The molecule has 0 radical (unpaired) electrons. The summed E-state index contributed by atoms with van der Waals surface area (Å²) >= 11 is 5.80. The summed E-state index contributed by atoms with van der Waals surface area (Å²) < 4.78 is 0. The van der Waals surface area contributed by atoms with Crippen molar-refractivity contribution < 1.29 is 4.79 Å². The predicted octanol–water partition coefficient (Wildman–Crippen LogP) is 3.09. The van der Waals surface area contributed by atoms with Crippen LogP contribution in [0.3, 0.4) is 0 Å². The highest BCUT2D eigenvalue weighted by Gasteiger charge is 2.31. The number of anilines is 1. The van der Waals surface area contributed by atoms with E-state index in [9.17, 15) is 4.79 Å². The van der Waals surface area contributed by atoms with E-state index in [0.717, 1.165) is 17.8 Å². The van der Waals surface area contributed by atoms with Gasteiger partial charge in [-0.1, -0.05) is 18.5 Å².